The van der Waals surface area contributed by atoms with E-state index in [1.807, 2.05) is 0 Å². The van der Waals surface area contributed by atoms with Crippen LogP contribution in [0.4, 0.5) is 0 Å². The Morgan fingerprint density at radius 1 is 1.57 bits per heavy atom. The maximum absolute atomic E-state index is 11.8. The summed E-state index contributed by atoms with van der Waals surface area (Å²) in [7, 11) is -2.19. The Morgan fingerprint density at radius 3 is 2.67 bits per heavy atom. The van der Waals surface area contributed by atoms with Crippen LogP contribution in [0.3, 0.4) is 0 Å². The number of likely N-dealkylation sites (tertiary alicyclic amines) is 1. The lowest BCUT2D eigenvalue weighted by Gasteiger charge is -2.44. The standard InChI is InChI=1S/C14H19NO5S/c1-6-7-8-15-12(13(19-4)14(15)16)9-10(2)11(3)20-21(5,17)18/h1,9,12-13H,3,7-8H2,2,4-5H3/b10-9+/t12-,13+/m0/s1. The Kier molecular flexibility index (Phi) is 5.58. The number of hydrogen-bond donors (Lipinski definition) is 0. The lowest BCUT2D eigenvalue weighted by atomic mass is 9.95. The fourth-order valence-corrected chi connectivity index (χ4v) is 2.49. The smallest absolute Gasteiger partial charge is 0.306 e. The maximum Gasteiger partial charge on any atom is 0.306 e. The quantitative estimate of drug-likeness (QED) is 0.227. The highest BCUT2D eigenvalue weighted by molar-refractivity contribution is 7.86. The molecule has 2 atom stereocenters. The van der Waals surface area contributed by atoms with Crippen LogP contribution in [-0.4, -0.2) is 51.3 Å². The van der Waals surface area contributed by atoms with Crippen molar-refractivity contribution >= 4 is 16.0 Å². The third-order valence-electron chi connectivity index (χ3n) is 3.06. The molecule has 21 heavy (non-hydrogen) atoms. The first-order valence-corrected chi connectivity index (χ1v) is 8.06. The zero-order valence-corrected chi connectivity index (χ0v) is 13.1. The molecule has 0 radical (unpaired) electrons. The van der Waals surface area contributed by atoms with Gasteiger partial charge in [-0.3, -0.25) is 4.79 Å². The summed E-state index contributed by atoms with van der Waals surface area (Å²) in [6.07, 6.45) is 7.67. The predicted molar refractivity (Wildman–Crippen MR) is 78.6 cm³/mol. The molecule has 0 bridgehead atoms. The number of rotatable bonds is 7. The van der Waals surface area contributed by atoms with Gasteiger partial charge in [0.25, 0.3) is 5.91 Å². The Bertz CT molecular complexity index is 599. The summed E-state index contributed by atoms with van der Waals surface area (Å²) in [5.41, 5.74) is 0.519. The van der Waals surface area contributed by atoms with Crippen LogP contribution < -0.4 is 0 Å². The van der Waals surface area contributed by atoms with E-state index in [2.05, 4.69) is 12.5 Å². The zero-order chi connectivity index (χ0) is 16.2. The summed E-state index contributed by atoms with van der Waals surface area (Å²) in [6.45, 7) is 5.64. The Hall–Kier alpha value is -1.78. The normalized spacial score (nSPS) is 22.5. The van der Waals surface area contributed by atoms with Crippen LogP contribution in [0.25, 0.3) is 0 Å². The van der Waals surface area contributed by atoms with Crippen molar-refractivity contribution in [1.82, 2.24) is 4.90 Å². The highest BCUT2D eigenvalue weighted by Crippen LogP contribution is 2.26. The average molecular weight is 313 g/mol. The number of ether oxygens (including phenoxy) is 1. The van der Waals surface area contributed by atoms with Gasteiger partial charge in [-0.25, -0.2) is 0 Å². The Labute approximate surface area is 125 Å². The van der Waals surface area contributed by atoms with Crippen LogP contribution in [0.2, 0.25) is 0 Å². The van der Waals surface area contributed by atoms with E-state index < -0.39 is 16.2 Å². The molecule has 6 nitrogen and oxygen atoms in total. The molecule has 1 heterocycles. The van der Waals surface area contributed by atoms with E-state index in [4.69, 9.17) is 15.3 Å². The zero-order valence-electron chi connectivity index (χ0n) is 12.3. The molecule has 0 spiro atoms. The topological polar surface area (TPSA) is 72.9 Å². The molecule has 116 valence electrons. The SMILES string of the molecule is C#CCCN1C(=O)[C@H](OC)[C@@H]1/C=C(\C)C(=C)OS(C)(=O)=O. The molecule has 0 aromatic carbocycles. The van der Waals surface area contributed by atoms with Crippen molar-refractivity contribution in [3.05, 3.63) is 24.0 Å². The third kappa shape index (κ3) is 4.34. The van der Waals surface area contributed by atoms with Crippen molar-refractivity contribution in [3.63, 3.8) is 0 Å². The molecular formula is C14H19NO5S. The molecule has 1 aliphatic rings. The van der Waals surface area contributed by atoms with Gasteiger partial charge in [-0.15, -0.1) is 12.3 Å². The number of carbonyl (C=O) groups is 1. The monoisotopic (exact) mass is 313 g/mol. The summed E-state index contributed by atoms with van der Waals surface area (Å²) in [5.74, 6) is 2.35. The number of methoxy groups -OCH3 is 1. The van der Waals surface area contributed by atoms with Gasteiger partial charge in [0.1, 0.15) is 5.76 Å². The number of allylic oxidation sites excluding steroid dienone is 1. The Balaban J connectivity index is 2.85. The highest BCUT2D eigenvalue weighted by atomic mass is 32.2. The van der Waals surface area contributed by atoms with Crippen molar-refractivity contribution in [2.45, 2.75) is 25.5 Å². The second kappa shape index (κ2) is 6.78. The number of nitrogens with zero attached hydrogens (tertiary/aromatic N) is 1. The van der Waals surface area contributed by atoms with Gasteiger partial charge < -0.3 is 13.8 Å². The second-order valence-corrected chi connectivity index (χ2v) is 6.27. The summed E-state index contributed by atoms with van der Waals surface area (Å²) < 4.78 is 32.0. The van der Waals surface area contributed by atoms with Gasteiger partial charge >= 0.3 is 10.1 Å². The fourth-order valence-electron chi connectivity index (χ4n) is 2.00. The highest BCUT2D eigenvalue weighted by Gasteiger charge is 2.46. The second-order valence-electron chi connectivity index (χ2n) is 4.69. The van der Waals surface area contributed by atoms with Gasteiger partial charge in [-0.2, -0.15) is 8.42 Å². The minimum absolute atomic E-state index is 0.0172. The maximum atomic E-state index is 11.8. The molecule has 7 heteroatoms. The van der Waals surface area contributed by atoms with E-state index in [0.717, 1.165) is 6.26 Å². The van der Waals surface area contributed by atoms with Crippen molar-refractivity contribution in [3.8, 4) is 12.3 Å². The molecular weight excluding hydrogens is 294 g/mol. The van der Waals surface area contributed by atoms with Gasteiger partial charge in [0.2, 0.25) is 0 Å². The van der Waals surface area contributed by atoms with Gasteiger partial charge in [-0.05, 0) is 12.5 Å². The lowest BCUT2D eigenvalue weighted by Crippen LogP contribution is -2.64. The largest absolute Gasteiger partial charge is 0.383 e. The van der Waals surface area contributed by atoms with Crippen molar-refractivity contribution in [2.24, 2.45) is 0 Å². The van der Waals surface area contributed by atoms with E-state index >= 15 is 0 Å². The summed E-state index contributed by atoms with van der Waals surface area (Å²) in [5, 5.41) is 0. The predicted octanol–water partition coefficient (Wildman–Crippen LogP) is 0.672. The molecule has 1 amide bonds. The van der Waals surface area contributed by atoms with Crippen LogP contribution in [0.1, 0.15) is 13.3 Å². The van der Waals surface area contributed by atoms with Crippen LogP contribution in [0.5, 0.6) is 0 Å². The van der Waals surface area contributed by atoms with Gasteiger partial charge in [0.15, 0.2) is 6.10 Å². The van der Waals surface area contributed by atoms with Crippen LogP contribution in [0, 0.1) is 12.3 Å². The third-order valence-corrected chi connectivity index (χ3v) is 3.56. The molecule has 0 aromatic heterocycles. The summed E-state index contributed by atoms with van der Waals surface area (Å²) >= 11 is 0. The van der Waals surface area contributed by atoms with Crippen molar-refractivity contribution in [1.29, 1.82) is 0 Å². The first-order valence-electron chi connectivity index (χ1n) is 6.25. The van der Waals surface area contributed by atoms with Crippen molar-refractivity contribution in [2.75, 3.05) is 19.9 Å². The first-order chi connectivity index (χ1) is 9.71. The molecule has 1 fully saturated rings. The van der Waals surface area contributed by atoms with Crippen molar-refractivity contribution < 1.29 is 22.1 Å². The number of carbonyl (C=O) groups excluding carboxylic acids is 1. The molecule has 0 unspecified atom stereocenters. The van der Waals surface area contributed by atoms with Gasteiger partial charge in [0.05, 0.1) is 12.3 Å². The number of β-lactam (4-membered cyclic amide) rings is 1. The number of amides is 1. The minimum atomic E-state index is -3.63. The van der Waals surface area contributed by atoms with Crippen LogP contribution in [0.15, 0.2) is 24.0 Å². The molecule has 0 N–H and O–H groups in total. The molecule has 1 aliphatic heterocycles. The van der Waals surface area contributed by atoms with Crippen LogP contribution >= 0.6 is 0 Å². The molecule has 0 aromatic rings. The molecule has 0 saturated carbocycles. The van der Waals surface area contributed by atoms with Crippen LogP contribution in [-0.2, 0) is 23.8 Å². The molecule has 1 saturated heterocycles. The Morgan fingerprint density at radius 2 is 2.19 bits per heavy atom. The first kappa shape index (κ1) is 17.3. The number of terminal acetylenes is 1. The number of hydrogen-bond acceptors (Lipinski definition) is 5. The van der Waals surface area contributed by atoms with Gasteiger partial charge in [0, 0.05) is 20.1 Å². The average Bonchev–Trinajstić information content (AvgIpc) is 2.37. The van der Waals surface area contributed by atoms with E-state index in [-0.39, 0.29) is 17.7 Å². The fraction of sp³-hybridized carbons (Fsp3) is 0.500. The molecule has 1 rings (SSSR count). The van der Waals surface area contributed by atoms with E-state index in [1.54, 1.807) is 17.9 Å². The van der Waals surface area contributed by atoms with E-state index in [1.165, 1.54) is 7.11 Å². The minimum Gasteiger partial charge on any atom is -0.383 e. The summed E-state index contributed by atoms with van der Waals surface area (Å²) in [6, 6.07) is -0.309. The van der Waals surface area contributed by atoms with E-state index in [9.17, 15) is 13.2 Å². The van der Waals surface area contributed by atoms with Gasteiger partial charge in [-0.1, -0.05) is 12.7 Å². The summed E-state index contributed by atoms with van der Waals surface area (Å²) in [4.78, 5) is 13.4. The molecule has 0 aliphatic carbocycles. The van der Waals surface area contributed by atoms with E-state index in [0.29, 0.717) is 18.5 Å². The lowest BCUT2D eigenvalue weighted by molar-refractivity contribution is -0.165.